The highest BCUT2D eigenvalue weighted by molar-refractivity contribution is 14.1. The molecule has 18 heavy (non-hydrogen) atoms. The minimum Gasteiger partial charge on any atom is -0.389 e. The number of rotatable bonds is 2. The summed E-state index contributed by atoms with van der Waals surface area (Å²) in [6.07, 6.45) is 3.96. The van der Waals surface area contributed by atoms with E-state index in [0.29, 0.717) is 11.3 Å². The van der Waals surface area contributed by atoms with Crippen molar-refractivity contribution in [3.8, 4) is 0 Å². The van der Waals surface area contributed by atoms with Gasteiger partial charge in [-0.25, -0.2) is 0 Å². The molecule has 0 radical (unpaired) electrons. The Morgan fingerprint density at radius 2 is 1.83 bits per heavy atom. The molecule has 1 saturated carbocycles. The maximum Gasteiger partial charge on any atom is 0.0713 e. The van der Waals surface area contributed by atoms with Gasteiger partial charge in [-0.15, -0.1) is 0 Å². The van der Waals surface area contributed by atoms with Gasteiger partial charge in [0.15, 0.2) is 0 Å². The monoisotopic (exact) mass is 358 g/mol. The van der Waals surface area contributed by atoms with Crippen LogP contribution in [0.3, 0.4) is 0 Å². The standard InChI is InChI=1S/C16H23IO/c1-12-10-15(2,3)8-9-16(12,18)11-13-4-6-14(17)7-5-13/h4-7,12,18H,8-11H2,1-3H3. The van der Waals surface area contributed by atoms with Crippen molar-refractivity contribution in [2.75, 3.05) is 0 Å². The average molecular weight is 358 g/mol. The lowest BCUT2D eigenvalue weighted by Gasteiger charge is -2.45. The third kappa shape index (κ3) is 3.27. The van der Waals surface area contributed by atoms with E-state index in [1.165, 1.54) is 9.13 Å². The van der Waals surface area contributed by atoms with E-state index < -0.39 is 5.60 Å². The number of hydrogen-bond donors (Lipinski definition) is 1. The molecule has 0 bridgehead atoms. The van der Waals surface area contributed by atoms with E-state index in [1.54, 1.807) is 0 Å². The lowest BCUT2D eigenvalue weighted by Crippen LogP contribution is -2.45. The summed E-state index contributed by atoms with van der Waals surface area (Å²) in [5.41, 5.74) is 1.13. The third-order valence-electron chi connectivity index (χ3n) is 4.43. The molecule has 1 N–H and O–H groups in total. The van der Waals surface area contributed by atoms with E-state index in [4.69, 9.17) is 0 Å². The fourth-order valence-electron chi connectivity index (χ4n) is 3.14. The molecule has 1 aromatic carbocycles. The van der Waals surface area contributed by atoms with Crippen LogP contribution in [0.15, 0.2) is 24.3 Å². The zero-order valence-electron chi connectivity index (χ0n) is 11.5. The molecule has 0 spiro atoms. The minimum atomic E-state index is -0.512. The third-order valence-corrected chi connectivity index (χ3v) is 5.15. The SMILES string of the molecule is CC1CC(C)(C)CCC1(O)Cc1ccc(I)cc1. The summed E-state index contributed by atoms with van der Waals surface area (Å²) in [6.45, 7) is 6.83. The second-order valence-electron chi connectivity index (χ2n) is 6.68. The molecule has 0 amide bonds. The topological polar surface area (TPSA) is 20.2 Å². The first-order chi connectivity index (χ1) is 8.31. The molecule has 1 fully saturated rings. The van der Waals surface area contributed by atoms with Crippen molar-refractivity contribution in [2.45, 2.75) is 52.1 Å². The van der Waals surface area contributed by atoms with E-state index in [0.717, 1.165) is 25.7 Å². The van der Waals surface area contributed by atoms with Gasteiger partial charge in [-0.3, -0.25) is 0 Å². The highest BCUT2D eigenvalue weighted by Gasteiger charge is 2.42. The predicted octanol–water partition coefficient (Wildman–Crippen LogP) is 4.41. The fraction of sp³-hybridized carbons (Fsp3) is 0.625. The lowest BCUT2D eigenvalue weighted by atomic mass is 9.64. The maximum atomic E-state index is 10.9. The molecule has 0 aromatic heterocycles. The van der Waals surface area contributed by atoms with Crippen LogP contribution in [0, 0.1) is 14.9 Å². The van der Waals surface area contributed by atoms with E-state index in [1.807, 2.05) is 0 Å². The van der Waals surface area contributed by atoms with Crippen molar-refractivity contribution in [2.24, 2.45) is 11.3 Å². The Balaban J connectivity index is 2.10. The molecule has 2 rings (SSSR count). The van der Waals surface area contributed by atoms with Crippen LogP contribution < -0.4 is 0 Å². The highest BCUT2D eigenvalue weighted by Crippen LogP contribution is 2.45. The Bertz CT molecular complexity index is 410. The van der Waals surface area contributed by atoms with Gasteiger partial charge in [-0.1, -0.05) is 32.9 Å². The Hall–Kier alpha value is -0.0900. The first-order valence-electron chi connectivity index (χ1n) is 6.78. The van der Waals surface area contributed by atoms with Gasteiger partial charge in [0.05, 0.1) is 5.60 Å². The summed E-state index contributed by atoms with van der Waals surface area (Å²) in [4.78, 5) is 0. The van der Waals surface area contributed by atoms with Crippen LogP contribution in [0.2, 0.25) is 0 Å². The number of aliphatic hydroxyl groups is 1. The van der Waals surface area contributed by atoms with Crippen molar-refractivity contribution in [1.82, 2.24) is 0 Å². The highest BCUT2D eigenvalue weighted by atomic mass is 127. The van der Waals surface area contributed by atoms with Crippen LogP contribution >= 0.6 is 22.6 Å². The van der Waals surface area contributed by atoms with Gasteiger partial charge in [-0.2, -0.15) is 0 Å². The van der Waals surface area contributed by atoms with Crippen LogP contribution in [0.1, 0.15) is 45.6 Å². The van der Waals surface area contributed by atoms with Crippen LogP contribution in [-0.4, -0.2) is 10.7 Å². The van der Waals surface area contributed by atoms with Crippen molar-refractivity contribution in [3.63, 3.8) is 0 Å². The molecule has 100 valence electrons. The molecule has 0 saturated heterocycles. The molecule has 2 atom stereocenters. The first-order valence-corrected chi connectivity index (χ1v) is 7.85. The second kappa shape index (κ2) is 5.12. The van der Waals surface area contributed by atoms with E-state index in [9.17, 15) is 5.11 Å². The Labute approximate surface area is 124 Å². The van der Waals surface area contributed by atoms with Gasteiger partial charge in [0, 0.05) is 9.99 Å². The molecule has 2 unspecified atom stereocenters. The number of benzene rings is 1. The lowest BCUT2D eigenvalue weighted by molar-refractivity contribution is -0.0704. The quantitative estimate of drug-likeness (QED) is 0.777. The van der Waals surface area contributed by atoms with Crippen LogP contribution in [0.4, 0.5) is 0 Å². The zero-order valence-corrected chi connectivity index (χ0v) is 13.7. The summed E-state index contributed by atoms with van der Waals surface area (Å²) in [7, 11) is 0. The van der Waals surface area contributed by atoms with Gasteiger partial charge >= 0.3 is 0 Å². The van der Waals surface area contributed by atoms with Gasteiger partial charge in [0.1, 0.15) is 0 Å². The van der Waals surface area contributed by atoms with Crippen molar-refractivity contribution in [1.29, 1.82) is 0 Å². The largest absolute Gasteiger partial charge is 0.389 e. The van der Waals surface area contributed by atoms with E-state index in [-0.39, 0.29) is 0 Å². The predicted molar refractivity (Wildman–Crippen MR) is 84.6 cm³/mol. The molecular weight excluding hydrogens is 335 g/mol. The van der Waals surface area contributed by atoms with Gasteiger partial charge in [0.25, 0.3) is 0 Å². The Kier molecular flexibility index (Phi) is 4.07. The molecule has 2 heteroatoms. The summed E-state index contributed by atoms with van der Waals surface area (Å²) in [5.74, 6) is 0.375. The minimum absolute atomic E-state index is 0.375. The molecule has 0 heterocycles. The zero-order chi connectivity index (χ0) is 13.4. The first kappa shape index (κ1) is 14.3. The average Bonchev–Trinajstić information content (AvgIpc) is 2.28. The van der Waals surface area contributed by atoms with Crippen LogP contribution in [-0.2, 0) is 6.42 Å². The summed E-state index contributed by atoms with van der Waals surface area (Å²) < 4.78 is 1.25. The number of hydrogen-bond acceptors (Lipinski definition) is 1. The molecule has 1 nitrogen and oxygen atoms in total. The van der Waals surface area contributed by atoms with E-state index >= 15 is 0 Å². The smallest absolute Gasteiger partial charge is 0.0713 e. The molecule has 1 aliphatic carbocycles. The van der Waals surface area contributed by atoms with Gasteiger partial charge < -0.3 is 5.11 Å². The molecule has 1 aromatic rings. The Morgan fingerprint density at radius 1 is 1.22 bits per heavy atom. The second-order valence-corrected chi connectivity index (χ2v) is 7.92. The Morgan fingerprint density at radius 3 is 2.39 bits per heavy atom. The van der Waals surface area contributed by atoms with Gasteiger partial charge in [0.2, 0.25) is 0 Å². The molecule has 1 aliphatic rings. The van der Waals surface area contributed by atoms with Crippen molar-refractivity contribution >= 4 is 22.6 Å². The maximum absolute atomic E-state index is 10.9. The van der Waals surface area contributed by atoms with E-state index in [2.05, 4.69) is 67.6 Å². The molecular formula is C16H23IO. The summed E-state index contributed by atoms with van der Waals surface area (Å²) >= 11 is 2.32. The van der Waals surface area contributed by atoms with Gasteiger partial charge in [-0.05, 0) is 70.9 Å². The summed E-state index contributed by atoms with van der Waals surface area (Å²) in [5, 5.41) is 10.9. The van der Waals surface area contributed by atoms with Crippen molar-refractivity contribution in [3.05, 3.63) is 33.4 Å². The van der Waals surface area contributed by atoms with Crippen LogP contribution in [0.5, 0.6) is 0 Å². The fourth-order valence-corrected chi connectivity index (χ4v) is 3.50. The molecule has 0 aliphatic heterocycles. The van der Waals surface area contributed by atoms with Crippen LogP contribution in [0.25, 0.3) is 0 Å². The normalized spacial score (nSPS) is 31.3. The number of halogens is 1. The van der Waals surface area contributed by atoms with Crippen molar-refractivity contribution < 1.29 is 5.11 Å². The summed E-state index contributed by atoms with van der Waals surface area (Å²) in [6, 6.07) is 8.53.